The minimum atomic E-state index is 0.394. The fourth-order valence-electron chi connectivity index (χ4n) is 3.47. The molecule has 136 valence electrons. The Balaban J connectivity index is 1.40. The molecular formula is C20H24N4O2. The number of fused-ring (bicyclic) bond motifs is 1. The second-order valence-electron chi connectivity index (χ2n) is 6.92. The Morgan fingerprint density at radius 1 is 1.23 bits per heavy atom. The summed E-state index contributed by atoms with van der Waals surface area (Å²) in [6.07, 6.45) is 5.67. The van der Waals surface area contributed by atoms with Crippen LogP contribution in [0.4, 0.5) is 0 Å². The lowest BCUT2D eigenvalue weighted by atomic mass is 10.1. The number of furan rings is 1. The molecule has 3 aromatic heterocycles. The van der Waals surface area contributed by atoms with E-state index >= 15 is 0 Å². The molecule has 0 N–H and O–H groups in total. The molecule has 4 heterocycles. The van der Waals surface area contributed by atoms with Gasteiger partial charge in [-0.15, -0.1) is 0 Å². The van der Waals surface area contributed by atoms with Gasteiger partial charge in [-0.2, -0.15) is 0 Å². The summed E-state index contributed by atoms with van der Waals surface area (Å²) in [7, 11) is 0. The maximum Gasteiger partial charge on any atom is 0.118 e. The Labute approximate surface area is 153 Å². The Hall–Kier alpha value is -2.44. The first kappa shape index (κ1) is 17.0. The predicted molar refractivity (Wildman–Crippen MR) is 97.2 cm³/mol. The van der Waals surface area contributed by atoms with Crippen molar-refractivity contribution in [1.29, 1.82) is 0 Å². The molecule has 6 nitrogen and oxygen atoms in total. The average Bonchev–Trinajstić information content (AvgIpc) is 3.21. The van der Waals surface area contributed by atoms with E-state index < -0.39 is 0 Å². The molecule has 4 rings (SSSR count). The first-order valence-electron chi connectivity index (χ1n) is 9.00. The van der Waals surface area contributed by atoms with Crippen molar-refractivity contribution in [1.82, 2.24) is 19.4 Å². The molecule has 0 fully saturated rings. The lowest BCUT2D eigenvalue weighted by Crippen LogP contribution is -2.29. The van der Waals surface area contributed by atoms with Crippen molar-refractivity contribution in [3.63, 3.8) is 0 Å². The Kier molecular flexibility index (Phi) is 5.13. The van der Waals surface area contributed by atoms with Gasteiger partial charge in [-0.05, 0) is 31.2 Å². The van der Waals surface area contributed by atoms with Gasteiger partial charge in [0.25, 0.3) is 0 Å². The minimum absolute atomic E-state index is 0.394. The van der Waals surface area contributed by atoms with Crippen LogP contribution >= 0.6 is 0 Å². The van der Waals surface area contributed by atoms with Crippen LogP contribution in [0.3, 0.4) is 0 Å². The molecular weight excluding hydrogens is 328 g/mol. The lowest BCUT2D eigenvalue weighted by molar-refractivity contribution is 0.0637. The standard InChI is InChI=1S/C20H24N4O2/c1-16-5-6-20(26-16)12-23-9-17(10-24-15-21-8-19(24)11-23)13-25-14-18-4-2-3-7-22-18/h2-8,15,17H,9-14H2,1H3. The van der Waals surface area contributed by atoms with Crippen molar-refractivity contribution in [3.05, 3.63) is 72.0 Å². The summed E-state index contributed by atoms with van der Waals surface area (Å²) in [4.78, 5) is 11.0. The number of hydrogen-bond acceptors (Lipinski definition) is 5. The molecule has 0 amide bonds. The molecule has 0 saturated heterocycles. The molecule has 1 aliphatic heterocycles. The molecule has 1 atom stereocenters. The quantitative estimate of drug-likeness (QED) is 0.682. The van der Waals surface area contributed by atoms with Gasteiger partial charge in [0, 0.05) is 37.9 Å². The third-order valence-corrected chi connectivity index (χ3v) is 4.66. The van der Waals surface area contributed by atoms with Crippen LogP contribution in [0.5, 0.6) is 0 Å². The van der Waals surface area contributed by atoms with Crippen molar-refractivity contribution in [2.24, 2.45) is 5.92 Å². The Morgan fingerprint density at radius 2 is 2.19 bits per heavy atom. The summed E-state index contributed by atoms with van der Waals surface area (Å²) in [6.45, 7) is 6.78. The van der Waals surface area contributed by atoms with Gasteiger partial charge >= 0.3 is 0 Å². The van der Waals surface area contributed by atoms with Crippen LogP contribution < -0.4 is 0 Å². The van der Waals surface area contributed by atoms with Crippen LogP contribution in [0.1, 0.15) is 22.9 Å². The van der Waals surface area contributed by atoms with E-state index in [0.717, 1.165) is 43.4 Å². The van der Waals surface area contributed by atoms with Crippen LogP contribution in [-0.4, -0.2) is 32.6 Å². The second kappa shape index (κ2) is 7.85. The van der Waals surface area contributed by atoms with E-state index in [2.05, 4.69) is 25.5 Å². The van der Waals surface area contributed by atoms with E-state index in [1.165, 1.54) is 5.69 Å². The van der Waals surface area contributed by atoms with Gasteiger partial charge in [-0.1, -0.05) is 6.07 Å². The third kappa shape index (κ3) is 4.20. The van der Waals surface area contributed by atoms with Crippen LogP contribution in [0, 0.1) is 12.8 Å². The van der Waals surface area contributed by atoms with Crippen molar-refractivity contribution < 1.29 is 9.15 Å². The number of ether oxygens (including phenoxy) is 1. The maximum atomic E-state index is 5.96. The van der Waals surface area contributed by atoms with Crippen molar-refractivity contribution >= 4 is 0 Å². The lowest BCUT2D eigenvalue weighted by Gasteiger charge is -2.23. The highest BCUT2D eigenvalue weighted by Crippen LogP contribution is 2.20. The van der Waals surface area contributed by atoms with Crippen molar-refractivity contribution in [2.45, 2.75) is 33.2 Å². The summed E-state index contributed by atoms with van der Waals surface area (Å²) in [6, 6.07) is 9.98. The van der Waals surface area contributed by atoms with Gasteiger partial charge in [0.2, 0.25) is 0 Å². The number of nitrogens with zero attached hydrogens (tertiary/aromatic N) is 4. The molecule has 0 spiro atoms. The molecule has 26 heavy (non-hydrogen) atoms. The summed E-state index contributed by atoms with van der Waals surface area (Å²) in [5, 5.41) is 0. The highest BCUT2D eigenvalue weighted by molar-refractivity contribution is 5.07. The number of aromatic nitrogens is 3. The molecule has 3 aromatic rings. The number of pyridine rings is 1. The van der Waals surface area contributed by atoms with Gasteiger partial charge in [-0.3, -0.25) is 9.88 Å². The first-order valence-corrected chi connectivity index (χ1v) is 9.00. The van der Waals surface area contributed by atoms with Gasteiger partial charge in [0.15, 0.2) is 0 Å². The molecule has 6 heteroatoms. The van der Waals surface area contributed by atoms with Gasteiger partial charge in [-0.25, -0.2) is 4.98 Å². The molecule has 1 aliphatic rings. The van der Waals surface area contributed by atoms with E-state index in [9.17, 15) is 0 Å². The summed E-state index contributed by atoms with van der Waals surface area (Å²) >= 11 is 0. The first-order chi connectivity index (χ1) is 12.8. The molecule has 0 radical (unpaired) electrons. The van der Waals surface area contributed by atoms with E-state index in [1.807, 2.05) is 43.7 Å². The number of rotatable bonds is 6. The molecule has 0 bridgehead atoms. The van der Waals surface area contributed by atoms with E-state index in [0.29, 0.717) is 19.1 Å². The Bertz CT molecular complexity index is 827. The van der Waals surface area contributed by atoms with Crippen LogP contribution in [-0.2, 0) is 31.0 Å². The zero-order valence-electron chi connectivity index (χ0n) is 15.0. The normalized spacial score (nSPS) is 17.8. The summed E-state index contributed by atoms with van der Waals surface area (Å²) in [5.74, 6) is 2.35. The molecule has 0 aliphatic carbocycles. The zero-order valence-corrected chi connectivity index (χ0v) is 15.0. The number of imidazole rings is 1. The smallest absolute Gasteiger partial charge is 0.118 e. The summed E-state index contributed by atoms with van der Waals surface area (Å²) < 4.78 is 14.0. The van der Waals surface area contributed by atoms with Crippen LogP contribution in [0.15, 0.2) is 53.5 Å². The van der Waals surface area contributed by atoms with E-state index in [-0.39, 0.29) is 0 Å². The summed E-state index contributed by atoms with van der Waals surface area (Å²) in [5.41, 5.74) is 2.20. The zero-order chi connectivity index (χ0) is 17.8. The third-order valence-electron chi connectivity index (χ3n) is 4.66. The van der Waals surface area contributed by atoms with E-state index in [1.54, 1.807) is 6.20 Å². The van der Waals surface area contributed by atoms with Crippen LogP contribution in [0.25, 0.3) is 0 Å². The molecule has 0 saturated carbocycles. The van der Waals surface area contributed by atoms with Crippen molar-refractivity contribution in [3.8, 4) is 0 Å². The molecule has 1 unspecified atom stereocenters. The maximum absolute atomic E-state index is 5.96. The highest BCUT2D eigenvalue weighted by atomic mass is 16.5. The average molecular weight is 352 g/mol. The topological polar surface area (TPSA) is 56.3 Å². The predicted octanol–water partition coefficient (Wildman–Crippen LogP) is 3.03. The second-order valence-corrected chi connectivity index (χ2v) is 6.92. The fraction of sp³-hybridized carbons (Fsp3) is 0.400. The fourth-order valence-corrected chi connectivity index (χ4v) is 3.47. The number of hydrogen-bond donors (Lipinski definition) is 0. The minimum Gasteiger partial charge on any atom is -0.465 e. The van der Waals surface area contributed by atoms with Gasteiger partial charge in [0.1, 0.15) is 11.5 Å². The largest absolute Gasteiger partial charge is 0.465 e. The Morgan fingerprint density at radius 3 is 3.00 bits per heavy atom. The number of aryl methyl sites for hydroxylation is 1. The van der Waals surface area contributed by atoms with Crippen LogP contribution in [0.2, 0.25) is 0 Å². The SMILES string of the molecule is Cc1ccc(CN2Cc3cncn3CC(COCc3ccccn3)C2)o1. The highest BCUT2D eigenvalue weighted by Gasteiger charge is 2.23. The van der Waals surface area contributed by atoms with Crippen molar-refractivity contribution in [2.75, 3.05) is 13.2 Å². The monoisotopic (exact) mass is 352 g/mol. The molecule has 0 aromatic carbocycles. The van der Waals surface area contributed by atoms with E-state index in [4.69, 9.17) is 9.15 Å². The van der Waals surface area contributed by atoms with Gasteiger partial charge < -0.3 is 13.7 Å². The van der Waals surface area contributed by atoms with Gasteiger partial charge in [0.05, 0.1) is 37.5 Å².